The van der Waals surface area contributed by atoms with Crippen LogP contribution >= 0.6 is 11.3 Å². The van der Waals surface area contributed by atoms with Gasteiger partial charge in [0.25, 0.3) is 5.91 Å². The summed E-state index contributed by atoms with van der Waals surface area (Å²) in [7, 11) is 2.05. The lowest BCUT2D eigenvalue weighted by Gasteiger charge is -2.16. The first-order valence-corrected chi connectivity index (χ1v) is 10.1. The Morgan fingerprint density at radius 2 is 1.71 bits per heavy atom. The van der Waals surface area contributed by atoms with Gasteiger partial charge in [-0.25, -0.2) is 0 Å². The number of carbonyl (C=O) groups is 1. The molecule has 0 atom stereocenters. The lowest BCUT2D eigenvalue weighted by molar-refractivity contribution is 0.0950. The molecule has 0 radical (unpaired) electrons. The largest absolute Gasteiger partial charge is 0.346 e. The maximum atomic E-state index is 12.3. The van der Waals surface area contributed by atoms with E-state index in [0.29, 0.717) is 18.1 Å². The Balaban J connectivity index is 1.54. The number of aromatic nitrogens is 2. The Morgan fingerprint density at radius 1 is 1.00 bits per heavy atom. The molecule has 0 aliphatic carbocycles. The number of nitrogens with zero attached hydrogens (tertiary/aromatic N) is 3. The van der Waals surface area contributed by atoms with Crippen LogP contribution in [0.15, 0.2) is 42.5 Å². The Morgan fingerprint density at radius 3 is 2.43 bits per heavy atom. The topological polar surface area (TPSA) is 58.1 Å². The van der Waals surface area contributed by atoms with Gasteiger partial charge >= 0.3 is 0 Å². The summed E-state index contributed by atoms with van der Waals surface area (Å²) in [4.78, 5) is 14.5. The molecule has 3 aromatic rings. The predicted molar refractivity (Wildman–Crippen MR) is 113 cm³/mol. The molecule has 0 aliphatic heterocycles. The van der Waals surface area contributed by atoms with Crippen LogP contribution in [-0.4, -0.2) is 28.1 Å². The predicted octanol–water partition coefficient (Wildman–Crippen LogP) is 4.03. The molecule has 1 heterocycles. The van der Waals surface area contributed by atoms with Crippen molar-refractivity contribution >= 4 is 17.2 Å². The summed E-state index contributed by atoms with van der Waals surface area (Å²) >= 11 is 1.35. The Labute approximate surface area is 170 Å². The molecular formula is C22H26N4OS. The van der Waals surface area contributed by atoms with Gasteiger partial charge in [0.1, 0.15) is 5.01 Å². The van der Waals surface area contributed by atoms with Crippen molar-refractivity contribution in [3.8, 4) is 0 Å². The van der Waals surface area contributed by atoms with Crippen LogP contribution in [0.4, 0.5) is 0 Å². The number of aryl methyl sites for hydroxylation is 3. The molecule has 0 saturated carbocycles. The van der Waals surface area contributed by atoms with Gasteiger partial charge in [-0.15, -0.1) is 10.2 Å². The first-order chi connectivity index (χ1) is 13.4. The van der Waals surface area contributed by atoms with E-state index in [1.807, 2.05) is 31.2 Å². The Kier molecular flexibility index (Phi) is 6.54. The van der Waals surface area contributed by atoms with Crippen LogP contribution in [0.5, 0.6) is 0 Å². The van der Waals surface area contributed by atoms with E-state index in [9.17, 15) is 4.79 Å². The second kappa shape index (κ2) is 9.08. The zero-order valence-electron chi connectivity index (χ0n) is 16.8. The van der Waals surface area contributed by atoms with Gasteiger partial charge in [-0.05, 0) is 44.5 Å². The first kappa shape index (κ1) is 20.2. The molecule has 6 heteroatoms. The molecule has 1 N–H and O–H groups in total. The van der Waals surface area contributed by atoms with Gasteiger partial charge in [0.15, 0.2) is 0 Å². The van der Waals surface area contributed by atoms with Crippen LogP contribution < -0.4 is 5.32 Å². The van der Waals surface area contributed by atoms with Crippen molar-refractivity contribution in [2.75, 3.05) is 7.05 Å². The van der Waals surface area contributed by atoms with Gasteiger partial charge in [0.2, 0.25) is 5.01 Å². The highest BCUT2D eigenvalue weighted by Gasteiger charge is 2.14. The summed E-state index contributed by atoms with van der Waals surface area (Å²) < 4.78 is 0. The fourth-order valence-corrected chi connectivity index (χ4v) is 3.81. The van der Waals surface area contributed by atoms with Gasteiger partial charge in [-0.1, -0.05) is 64.9 Å². The van der Waals surface area contributed by atoms with Gasteiger partial charge in [0.05, 0.1) is 6.54 Å². The summed E-state index contributed by atoms with van der Waals surface area (Å²) in [5, 5.41) is 12.4. The molecule has 2 aromatic carbocycles. The Bertz CT molecular complexity index is 949. The van der Waals surface area contributed by atoms with E-state index in [1.54, 1.807) is 0 Å². The van der Waals surface area contributed by atoms with E-state index in [-0.39, 0.29) is 5.91 Å². The lowest BCUT2D eigenvalue weighted by Crippen LogP contribution is -2.22. The fraction of sp³-hybridized carbons (Fsp3) is 0.318. The number of hydrogen-bond acceptors (Lipinski definition) is 5. The summed E-state index contributed by atoms with van der Waals surface area (Å²) in [5.74, 6) is -0.179. The van der Waals surface area contributed by atoms with Crippen molar-refractivity contribution in [3.63, 3.8) is 0 Å². The highest BCUT2D eigenvalue weighted by Crippen LogP contribution is 2.16. The minimum Gasteiger partial charge on any atom is -0.346 e. The summed E-state index contributed by atoms with van der Waals surface area (Å²) in [6.07, 6.45) is 0. The van der Waals surface area contributed by atoms with Gasteiger partial charge in [-0.3, -0.25) is 9.69 Å². The summed E-state index contributed by atoms with van der Waals surface area (Å²) in [6.45, 7) is 8.27. The molecule has 0 spiro atoms. The highest BCUT2D eigenvalue weighted by atomic mass is 32.1. The molecule has 0 saturated heterocycles. The van der Waals surface area contributed by atoms with E-state index in [0.717, 1.165) is 17.1 Å². The number of rotatable bonds is 7. The van der Waals surface area contributed by atoms with Crippen LogP contribution in [-0.2, 0) is 19.6 Å². The lowest BCUT2D eigenvalue weighted by atomic mass is 10.1. The van der Waals surface area contributed by atoms with Crippen molar-refractivity contribution in [2.45, 2.75) is 40.4 Å². The number of carbonyl (C=O) groups excluding carboxylic acids is 1. The quantitative estimate of drug-likeness (QED) is 0.657. The molecule has 146 valence electrons. The van der Waals surface area contributed by atoms with Crippen LogP contribution in [0, 0.1) is 20.8 Å². The van der Waals surface area contributed by atoms with E-state index in [4.69, 9.17) is 0 Å². The number of nitrogens with one attached hydrogen (secondary N) is 1. The van der Waals surface area contributed by atoms with Crippen LogP contribution in [0.25, 0.3) is 0 Å². The van der Waals surface area contributed by atoms with E-state index < -0.39 is 0 Å². The number of benzene rings is 2. The summed E-state index contributed by atoms with van der Waals surface area (Å²) in [5.41, 5.74) is 6.13. The van der Waals surface area contributed by atoms with E-state index >= 15 is 0 Å². The molecule has 0 bridgehead atoms. The summed E-state index contributed by atoms with van der Waals surface area (Å²) in [6, 6.07) is 14.6. The number of amides is 1. The van der Waals surface area contributed by atoms with Crippen molar-refractivity contribution < 1.29 is 4.79 Å². The standard InChI is InChI=1S/C22H26N4OS/c1-15-5-8-18(9-6-15)12-23-21(27)22-25-24-20(28-22)14-26(4)13-19-10-7-16(2)11-17(19)3/h5-11H,12-14H2,1-4H3,(H,23,27). The normalized spacial score (nSPS) is 11.0. The second-order valence-electron chi connectivity index (χ2n) is 7.27. The maximum absolute atomic E-state index is 12.3. The third-order valence-corrected chi connectivity index (χ3v) is 5.49. The maximum Gasteiger partial charge on any atom is 0.282 e. The van der Waals surface area contributed by atoms with Crippen molar-refractivity contribution in [2.24, 2.45) is 0 Å². The fourth-order valence-electron chi connectivity index (χ4n) is 2.97. The zero-order valence-corrected chi connectivity index (χ0v) is 17.6. The molecular weight excluding hydrogens is 368 g/mol. The average Bonchev–Trinajstić information content (AvgIpc) is 3.12. The zero-order chi connectivity index (χ0) is 20.1. The van der Waals surface area contributed by atoms with Gasteiger partial charge in [-0.2, -0.15) is 0 Å². The molecule has 1 amide bonds. The number of hydrogen-bond donors (Lipinski definition) is 1. The smallest absolute Gasteiger partial charge is 0.282 e. The minimum atomic E-state index is -0.179. The first-order valence-electron chi connectivity index (χ1n) is 9.31. The van der Waals surface area contributed by atoms with Crippen LogP contribution in [0.3, 0.4) is 0 Å². The minimum absolute atomic E-state index is 0.179. The highest BCUT2D eigenvalue weighted by molar-refractivity contribution is 7.13. The third-order valence-electron chi connectivity index (χ3n) is 4.58. The molecule has 5 nitrogen and oxygen atoms in total. The molecule has 0 aliphatic rings. The van der Waals surface area contributed by atoms with Gasteiger partial charge in [0, 0.05) is 13.1 Å². The molecule has 1 aromatic heterocycles. The van der Waals surface area contributed by atoms with Crippen molar-refractivity contribution in [3.05, 3.63) is 80.3 Å². The molecule has 28 heavy (non-hydrogen) atoms. The third kappa shape index (κ3) is 5.47. The second-order valence-corrected chi connectivity index (χ2v) is 8.33. The van der Waals surface area contributed by atoms with Crippen LogP contribution in [0.1, 0.15) is 42.6 Å². The van der Waals surface area contributed by atoms with Crippen LogP contribution in [0.2, 0.25) is 0 Å². The van der Waals surface area contributed by atoms with Crippen molar-refractivity contribution in [1.29, 1.82) is 0 Å². The Hall–Kier alpha value is -2.57. The average molecular weight is 395 g/mol. The van der Waals surface area contributed by atoms with E-state index in [2.05, 4.69) is 59.5 Å². The molecule has 0 unspecified atom stereocenters. The van der Waals surface area contributed by atoms with Gasteiger partial charge < -0.3 is 5.32 Å². The van der Waals surface area contributed by atoms with E-state index in [1.165, 1.54) is 33.6 Å². The SMILES string of the molecule is Cc1ccc(CNC(=O)c2nnc(CN(C)Cc3ccc(C)cc3C)s2)cc1. The molecule has 3 rings (SSSR count). The monoisotopic (exact) mass is 394 g/mol. The molecule has 0 fully saturated rings. The van der Waals surface area contributed by atoms with Crippen molar-refractivity contribution in [1.82, 2.24) is 20.4 Å².